The fraction of sp³-hybridized carbons (Fsp3) is 0.320. The van der Waals surface area contributed by atoms with Crippen LogP contribution in [0.1, 0.15) is 34.8 Å². The van der Waals surface area contributed by atoms with Gasteiger partial charge in [-0.15, -0.1) is 0 Å². The van der Waals surface area contributed by atoms with Gasteiger partial charge in [0.1, 0.15) is 23.7 Å². The maximum absolute atomic E-state index is 13.3. The Labute approximate surface area is 209 Å². The molecule has 6 rings (SSSR count). The third-order valence-electron chi connectivity index (χ3n) is 7.19. The first kappa shape index (κ1) is 23.3. The van der Waals surface area contributed by atoms with Gasteiger partial charge in [-0.1, -0.05) is 12.1 Å². The lowest BCUT2D eigenvalue weighted by molar-refractivity contribution is -0.137. The van der Waals surface area contributed by atoms with Gasteiger partial charge in [0, 0.05) is 23.9 Å². The number of pyridine rings is 1. The first-order valence-corrected chi connectivity index (χ1v) is 11.9. The Kier molecular flexibility index (Phi) is 5.55. The highest BCUT2D eigenvalue weighted by molar-refractivity contribution is 6.05. The monoisotopic (exact) mass is 508 g/mol. The maximum Gasteiger partial charge on any atom is 0.419 e. The van der Waals surface area contributed by atoms with E-state index in [1.807, 2.05) is 4.68 Å². The van der Waals surface area contributed by atoms with Gasteiger partial charge in [0.25, 0.3) is 5.91 Å². The van der Waals surface area contributed by atoms with Crippen LogP contribution in [0.5, 0.6) is 0 Å². The number of nitrogen functional groups attached to an aromatic ring is 1. The van der Waals surface area contributed by atoms with Crippen molar-refractivity contribution >= 4 is 28.6 Å². The van der Waals surface area contributed by atoms with Crippen molar-refractivity contribution < 1.29 is 18.0 Å². The second kappa shape index (κ2) is 8.80. The molecule has 1 aliphatic heterocycles. The number of carbonyl (C=O) groups is 1. The topological polar surface area (TPSA) is 124 Å². The molecule has 2 unspecified atom stereocenters. The smallest absolute Gasteiger partial charge is 0.383 e. The zero-order valence-electron chi connectivity index (χ0n) is 19.5. The number of carbonyl (C=O) groups excluding carboxylic acids is 1. The molecule has 0 spiro atoms. The summed E-state index contributed by atoms with van der Waals surface area (Å²) in [5.74, 6) is 0.0993. The van der Waals surface area contributed by atoms with Gasteiger partial charge in [-0.25, -0.2) is 19.6 Å². The van der Waals surface area contributed by atoms with E-state index in [9.17, 15) is 18.0 Å². The van der Waals surface area contributed by atoms with E-state index in [1.165, 1.54) is 30.7 Å². The molecule has 4 N–H and O–H groups in total. The van der Waals surface area contributed by atoms with Gasteiger partial charge in [0.05, 0.1) is 17.0 Å². The van der Waals surface area contributed by atoms with Crippen LogP contribution in [0.15, 0.2) is 48.9 Å². The van der Waals surface area contributed by atoms with Gasteiger partial charge in [0.2, 0.25) is 0 Å². The summed E-state index contributed by atoms with van der Waals surface area (Å²) in [6.07, 6.45) is 0.126. The average Bonchev–Trinajstić information content (AvgIpc) is 3.41. The highest BCUT2D eigenvalue weighted by atomic mass is 19.4. The number of rotatable bonds is 4. The maximum atomic E-state index is 13.3. The molecule has 4 heterocycles. The molecule has 190 valence electrons. The molecule has 1 amide bonds. The highest BCUT2D eigenvalue weighted by Gasteiger charge is 2.40. The van der Waals surface area contributed by atoms with Crippen LogP contribution in [0.3, 0.4) is 0 Å². The number of aromatic nitrogens is 5. The molecular formula is C25H23F3N8O. The molecule has 2 aliphatic rings. The number of nitrogens with one attached hydrogen (secondary N) is 2. The second-order valence-electron chi connectivity index (χ2n) is 9.50. The number of fused-ring (bicyclic) bond motifs is 3. The van der Waals surface area contributed by atoms with Crippen molar-refractivity contribution in [3.63, 3.8) is 0 Å². The molecule has 1 saturated carbocycles. The molecule has 2 bridgehead atoms. The van der Waals surface area contributed by atoms with Crippen LogP contribution in [0.25, 0.3) is 22.3 Å². The van der Waals surface area contributed by atoms with Gasteiger partial charge >= 0.3 is 6.18 Å². The number of hydrogen-bond acceptors (Lipinski definition) is 7. The Hall–Kier alpha value is -4.06. The predicted octanol–water partition coefficient (Wildman–Crippen LogP) is 3.91. The van der Waals surface area contributed by atoms with Gasteiger partial charge in [-0.05, 0) is 55.5 Å². The van der Waals surface area contributed by atoms with Crippen LogP contribution < -0.4 is 16.4 Å². The van der Waals surface area contributed by atoms with Gasteiger partial charge in [-0.2, -0.15) is 18.3 Å². The minimum absolute atomic E-state index is 0.172. The van der Waals surface area contributed by atoms with Crippen LogP contribution in [-0.4, -0.2) is 43.7 Å². The molecule has 3 aromatic heterocycles. The van der Waals surface area contributed by atoms with E-state index in [-0.39, 0.29) is 11.6 Å². The first-order chi connectivity index (χ1) is 17.8. The number of hydrogen-bond donors (Lipinski definition) is 3. The molecule has 9 nitrogen and oxygen atoms in total. The summed E-state index contributed by atoms with van der Waals surface area (Å²) in [6, 6.07) is 8.65. The molecular weight excluding hydrogens is 485 g/mol. The van der Waals surface area contributed by atoms with Crippen molar-refractivity contribution in [2.45, 2.75) is 25.1 Å². The second-order valence-corrected chi connectivity index (χ2v) is 9.50. The summed E-state index contributed by atoms with van der Waals surface area (Å²) in [7, 11) is 0. The fourth-order valence-corrected chi connectivity index (χ4v) is 5.50. The number of piperidine rings is 1. The zero-order valence-corrected chi connectivity index (χ0v) is 19.5. The van der Waals surface area contributed by atoms with Crippen LogP contribution >= 0.6 is 0 Å². The van der Waals surface area contributed by atoms with Crippen LogP contribution in [-0.2, 0) is 6.18 Å². The lowest BCUT2D eigenvalue weighted by Gasteiger charge is -2.22. The quantitative estimate of drug-likeness (QED) is 0.382. The number of anilines is 2. The number of benzene rings is 1. The Morgan fingerprint density at radius 2 is 1.89 bits per heavy atom. The molecule has 3 atom stereocenters. The summed E-state index contributed by atoms with van der Waals surface area (Å²) < 4.78 is 41.8. The lowest BCUT2D eigenvalue weighted by atomic mass is 10.00. The summed E-state index contributed by atoms with van der Waals surface area (Å²) >= 11 is 0. The van der Waals surface area contributed by atoms with Crippen LogP contribution in [0.2, 0.25) is 0 Å². The Balaban J connectivity index is 1.32. The van der Waals surface area contributed by atoms with Crippen molar-refractivity contribution in [2.24, 2.45) is 11.8 Å². The predicted molar refractivity (Wildman–Crippen MR) is 130 cm³/mol. The fourth-order valence-electron chi connectivity index (χ4n) is 5.50. The summed E-state index contributed by atoms with van der Waals surface area (Å²) in [6.45, 7) is 1.93. The van der Waals surface area contributed by atoms with Crippen LogP contribution in [0, 0.1) is 11.8 Å². The third kappa shape index (κ3) is 4.16. The first-order valence-electron chi connectivity index (χ1n) is 11.9. The lowest BCUT2D eigenvalue weighted by Crippen LogP contribution is -2.32. The Morgan fingerprint density at radius 3 is 2.65 bits per heavy atom. The van der Waals surface area contributed by atoms with Gasteiger partial charge in [0.15, 0.2) is 5.65 Å². The molecule has 1 aliphatic carbocycles. The SMILES string of the molecule is Nc1ncnc2c1c(-c1ccc(C(=O)Nc3ncccc3C(F)(F)F)cc1)nn2C1C[C@@H]2CNCC1C2. The number of nitrogens with two attached hydrogens (primary N) is 1. The summed E-state index contributed by atoms with van der Waals surface area (Å²) in [5, 5.41) is 11.3. The van der Waals surface area contributed by atoms with E-state index in [0.717, 1.165) is 32.0 Å². The standard InChI is InChI=1S/C25H23F3N8O/c26-25(27,28)17-2-1-7-31-22(17)34-24(37)15-5-3-14(4-6-15)20-19-21(29)32-12-33-23(19)36(35-20)18-9-13-8-16(18)11-30-10-13/h1-7,12-13,16,18,30H,8-11H2,(H2,29,32,33)(H,31,34,37)/t13-,16?,18?/m1/s1. The molecule has 37 heavy (non-hydrogen) atoms. The van der Waals surface area contributed by atoms with Crippen molar-refractivity contribution in [1.29, 1.82) is 0 Å². The molecule has 1 saturated heterocycles. The van der Waals surface area contributed by atoms with E-state index in [1.54, 1.807) is 12.1 Å². The minimum atomic E-state index is -4.64. The summed E-state index contributed by atoms with van der Waals surface area (Å²) in [4.78, 5) is 25.0. The van der Waals surface area contributed by atoms with Crippen molar-refractivity contribution in [3.05, 3.63) is 60.0 Å². The molecule has 4 aromatic rings. The Morgan fingerprint density at radius 1 is 1.08 bits per heavy atom. The van der Waals surface area contributed by atoms with E-state index in [4.69, 9.17) is 10.8 Å². The van der Waals surface area contributed by atoms with Crippen molar-refractivity contribution in [2.75, 3.05) is 24.1 Å². The van der Waals surface area contributed by atoms with E-state index < -0.39 is 23.5 Å². The third-order valence-corrected chi connectivity index (χ3v) is 7.19. The number of amides is 1. The van der Waals surface area contributed by atoms with Gasteiger partial charge < -0.3 is 16.4 Å². The molecule has 0 radical (unpaired) electrons. The highest BCUT2D eigenvalue weighted by Crippen LogP contribution is 2.44. The van der Waals surface area contributed by atoms with Crippen molar-refractivity contribution in [1.82, 2.24) is 30.0 Å². The number of nitrogens with zero attached hydrogens (tertiary/aromatic N) is 5. The number of halogens is 3. The van der Waals surface area contributed by atoms with Gasteiger partial charge in [-0.3, -0.25) is 4.79 Å². The minimum Gasteiger partial charge on any atom is -0.383 e. The van der Waals surface area contributed by atoms with Crippen molar-refractivity contribution in [3.8, 4) is 11.3 Å². The van der Waals surface area contributed by atoms with Crippen LogP contribution in [0.4, 0.5) is 24.8 Å². The van der Waals surface area contributed by atoms with E-state index >= 15 is 0 Å². The Bertz CT molecular complexity index is 1480. The zero-order chi connectivity index (χ0) is 25.7. The summed E-state index contributed by atoms with van der Waals surface area (Å²) in [5.41, 5.74) is 7.35. The largest absolute Gasteiger partial charge is 0.419 e. The molecule has 12 heteroatoms. The number of alkyl halides is 3. The molecule has 1 aromatic carbocycles. The van der Waals surface area contributed by atoms with E-state index in [0.29, 0.717) is 39.9 Å². The van der Waals surface area contributed by atoms with E-state index in [2.05, 4.69) is 25.6 Å². The normalized spacial score (nSPS) is 21.3. The average molecular weight is 509 g/mol. The molecule has 2 fully saturated rings.